The molecule has 3 nitrogen and oxygen atoms in total. The van der Waals surface area contributed by atoms with E-state index in [4.69, 9.17) is 0 Å². The zero-order valence-electron chi connectivity index (χ0n) is 12.7. The van der Waals surface area contributed by atoms with Gasteiger partial charge in [-0.05, 0) is 38.3 Å². The molecule has 0 unspecified atom stereocenters. The third-order valence-electron chi connectivity index (χ3n) is 4.60. The van der Waals surface area contributed by atoms with E-state index in [9.17, 15) is 4.79 Å². The summed E-state index contributed by atoms with van der Waals surface area (Å²) in [6.07, 6.45) is 5.49. The Morgan fingerprint density at radius 2 is 1.95 bits per heavy atom. The highest BCUT2D eigenvalue weighted by atomic mass is 16.1. The van der Waals surface area contributed by atoms with Crippen molar-refractivity contribution in [3.05, 3.63) is 53.9 Å². The lowest BCUT2D eigenvalue weighted by Crippen LogP contribution is -2.43. The summed E-state index contributed by atoms with van der Waals surface area (Å²) in [7, 11) is 0. The van der Waals surface area contributed by atoms with Gasteiger partial charge in [0.2, 0.25) is 0 Å². The number of Topliss-reactive ketones (excluding diaryl/α,β-unsaturated/α-hetero) is 1. The lowest BCUT2D eigenvalue weighted by molar-refractivity contribution is -0.127. The van der Waals surface area contributed by atoms with E-state index >= 15 is 0 Å². The van der Waals surface area contributed by atoms with Crippen molar-refractivity contribution in [3.8, 4) is 0 Å². The van der Waals surface area contributed by atoms with E-state index in [2.05, 4.69) is 31.1 Å². The van der Waals surface area contributed by atoms with E-state index in [0.29, 0.717) is 18.2 Å². The van der Waals surface area contributed by atoms with Gasteiger partial charge in [0, 0.05) is 12.2 Å². The Hall–Kier alpha value is -1.90. The van der Waals surface area contributed by atoms with Crippen molar-refractivity contribution in [1.29, 1.82) is 0 Å². The topological polar surface area (TPSA) is 34.9 Å². The number of carbonyl (C=O) groups is 1. The van der Waals surface area contributed by atoms with E-state index in [1.165, 1.54) is 5.56 Å². The highest BCUT2D eigenvalue weighted by Crippen LogP contribution is 2.45. The van der Waals surface area contributed by atoms with Crippen molar-refractivity contribution in [2.45, 2.75) is 51.0 Å². The van der Waals surface area contributed by atoms with Crippen molar-refractivity contribution in [3.63, 3.8) is 0 Å². The second kappa shape index (κ2) is 5.47. The highest BCUT2D eigenvalue weighted by molar-refractivity contribution is 5.92. The normalized spacial score (nSPS) is 16.7. The molecule has 0 saturated heterocycles. The molecule has 0 radical (unpaired) electrons. The minimum Gasteiger partial charge on any atom is -0.298 e. The van der Waals surface area contributed by atoms with Gasteiger partial charge in [0.15, 0.2) is 0 Å². The lowest BCUT2D eigenvalue weighted by atomic mass is 9.61. The zero-order valence-corrected chi connectivity index (χ0v) is 12.7. The SMILES string of the molecule is CC(C)n1ccc(CC(=O)C2(c3ccccc3)CCC2)n1. The summed E-state index contributed by atoms with van der Waals surface area (Å²) in [4.78, 5) is 12.8. The first kappa shape index (κ1) is 14.1. The zero-order chi connectivity index (χ0) is 14.9. The maximum Gasteiger partial charge on any atom is 0.149 e. The third kappa shape index (κ3) is 2.53. The number of rotatable bonds is 5. The molecule has 0 amide bonds. The highest BCUT2D eigenvalue weighted by Gasteiger charge is 2.44. The molecule has 0 spiro atoms. The number of ketones is 1. The molecule has 1 aliphatic carbocycles. The van der Waals surface area contributed by atoms with E-state index < -0.39 is 0 Å². The molecule has 2 aromatic rings. The van der Waals surface area contributed by atoms with Gasteiger partial charge in [-0.3, -0.25) is 9.48 Å². The van der Waals surface area contributed by atoms with Crippen LogP contribution in [0.15, 0.2) is 42.6 Å². The molecule has 1 aliphatic rings. The van der Waals surface area contributed by atoms with Crippen molar-refractivity contribution in [2.75, 3.05) is 0 Å². The lowest BCUT2D eigenvalue weighted by Gasteiger charge is -2.41. The molecular formula is C18H22N2O. The molecule has 1 heterocycles. The van der Waals surface area contributed by atoms with Crippen molar-refractivity contribution in [2.24, 2.45) is 0 Å². The van der Waals surface area contributed by atoms with E-state index in [1.807, 2.05) is 35.1 Å². The predicted molar refractivity (Wildman–Crippen MR) is 83.3 cm³/mol. The fourth-order valence-electron chi connectivity index (χ4n) is 3.11. The number of carbonyl (C=O) groups excluding carboxylic acids is 1. The molecule has 0 aliphatic heterocycles. The standard InChI is InChI=1S/C18H22N2O/c1-14(2)20-12-9-16(19-20)13-17(21)18(10-6-11-18)15-7-4-3-5-8-15/h3-5,7-9,12,14H,6,10-11,13H2,1-2H3. The summed E-state index contributed by atoms with van der Waals surface area (Å²) in [6.45, 7) is 4.19. The Kier molecular flexibility index (Phi) is 3.66. The van der Waals surface area contributed by atoms with Crippen LogP contribution in [0.5, 0.6) is 0 Å². The fraction of sp³-hybridized carbons (Fsp3) is 0.444. The smallest absolute Gasteiger partial charge is 0.149 e. The molecule has 0 N–H and O–H groups in total. The maximum atomic E-state index is 12.8. The molecule has 1 saturated carbocycles. The summed E-state index contributed by atoms with van der Waals surface area (Å²) < 4.78 is 1.92. The quantitative estimate of drug-likeness (QED) is 0.838. The third-order valence-corrected chi connectivity index (χ3v) is 4.60. The minimum atomic E-state index is -0.261. The summed E-state index contributed by atoms with van der Waals surface area (Å²) >= 11 is 0. The van der Waals surface area contributed by atoms with E-state index in [0.717, 1.165) is 25.0 Å². The van der Waals surface area contributed by atoms with Crippen molar-refractivity contribution in [1.82, 2.24) is 9.78 Å². The first-order valence-electron chi connectivity index (χ1n) is 7.75. The summed E-state index contributed by atoms with van der Waals surface area (Å²) in [5, 5.41) is 4.51. The van der Waals surface area contributed by atoms with Gasteiger partial charge in [-0.15, -0.1) is 0 Å². The molecule has 1 aromatic heterocycles. The second-order valence-corrected chi connectivity index (χ2v) is 6.28. The number of hydrogen-bond acceptors (Lipinski definition) is 2. The van der Waals surface area contributed by atoms with Crippen LogP contribution in [0, 0.1) is 0 Å². The van der Waals surface area contributed by atoms with Crippen LogP contribution in [0.25, 0.3) is 0 Å². The van der Waals surface area contributed by atoms with Crippen LogP contribution < -0.4 is 0 Å². The van der Waals surface area contributed by atoms with Crippen LogP contribution in [0.2, 0.25) is 0 Å². The Bertz CT molecular complexity index is 624. The van der Waals surface area contributed by atoms with Crippen LogP contribution in [0.4, 0.5) is 0 Å². The average Bonchev–Trinajstić information content (AvgIpc) is 2.87. The van der Waals surface area contributed by atoms with Gasteiger partial charge < -0.3 is 0 Å². The van der Waals surface area contributed by atoms with Gasteiger partial charge in [-0.1, -0.05) is 36.8 Å². The molecule has 3 rings (SSSR count). The minimum absolute atomic E-state index is 0.261. The Balaban J connectivity index is 1.80. The maximum absolute atomic E-state index is 12.8. The fourth-order valence-corrected chi connectivity index (χ4v) is 3.11. The van der Waals surface area contributed by atoms with Gasteiger partial charge in [0.1, 0.15) is 5.78 Å². The number of hydrogen-bond donors (Lipinski definition) is 0. The van der Waals surface area contributed by atoms with Crippen molar-refractivity contribution >= 4 is 5.78 Å². The van der Waals surface area contributed by atoms with Crippen LogP contribution in [-0.4, -0.2) is 15.6 Å². The van der Waals surface area contributed by atoms with Gasteiger partial charge in [-0.25, -0.2) is 0 Å². The summed E-state index contributed by atoms with van der Waals surface area (Å²) in [5.74, 6) is 0.314. The molecular weight excluding hydrogens is 260 g/mol. The number of nitrogens with zero attached hydrogens (tertiary/aromatic N) is 2. The Labute approximate surface area is 126 Å². The molecule has 0 atom stereocenters. The molecule has 1 aromatic carbocycles. The van der Waals surface area contributed by atoms with Crippen LogP contribution in [0.1, 0.15) is 50.4 Å². The number of benzene rings is 1. The first-order chi connectivity index (χ1) is 10.1. The Morgan fingerprint density at radius 3 is 2.48 bits per heavy atom. The second-order valence-electron chi connectivity index (χ2n) is 6.28. The largest absolute Gasteiger partial charge is 0.298 e. The molecule has 1 fully saturated rings. The average molecular weight is 282 g/mol. The summed E-state index contributed by atoms with van der Waals surface area (Å²) in [6, 6.07) is 12.5. The first-order valence-corrected chi connectivity index (χ1v) is 7.75. The molecule has 21 heavy (non-hydrogen) atoms. The van der Waals surface area contributed by atoms with Gasteiger partial charge >= 0.3 is 0 Å². The van der Waals surface area contributed by atoms with Gasteiger partial charge in [-0.2, -0.15) is 5.10 Å². The molecule has 3 heteroatoms. The van der Waals surface area contributed by atoms with Crippen LogP contribution in [0.3, 0.4) is 0 Å². The monoisotopic (exact) mass is 282 g/mol. The van der Waals surface area contributed by atoms with E-state index in [-0.39, 0.29) is 5.41 Å². The molecule has 110 valence electrons. The van der Waals surface area contributed by atoms with Crippen molar-refractivity contribution < 1.29 is 4.79 Å². The summed E-state index contributed by atoms with van der Waals surface area (Å²) in [5.41, 5.74) is 1.79. The Morgan fingerprint density at radius 1 is 1.24 bits per heavy atom. The van der Waals surface area contributed by atoms with E-state index in [1.54, 1.807) is 0 Å². The van der Waals surface area contributed by atoms with Gasteiger partial charge in [0.05, 0.1) is 17.5 Å². The predicted octanol–water partition coefficient (Wildman–Crippen LogP) is 3.70. The molecule has 0 bridgehead atoms. The van der Waals surface area contributed by atoms with Gasteiger partial charge in [0.25, 0.3) is 0 Å². The number of aromatic nitrogens is 2. The van der Waals surface area contributed by atoms with Crippen LogP contribution in [-0.2, 0) is 16.6 Å². The van der Waals surface area contributed by atoms with Crippen LogP contribution >= 0.6 is 0 Å².